The lowest BCUT2D eigenvalue weighted by Crippen LogP contribution is -2.11. The van der Waals surface area contributed by atoms with Crippen molar-refractivity contribution in [3.63, 3.8) is 0 Å². The molecule has 0 radical (unpaired) electrons. The third-order valence-electron chi connectivity index (χ3n) is 3.61. The first-order valence-corrected chi connectivity index (χ1v) is 8.63. The standard InChI is InChI=1S/C15H9ClF2N2O4S/c16-9-4-6-10(7-5-9)25(23,24)19-8-11(15(17)18)14-12(19)2-1-3-13(14)20(21)22/h1-8,15H. The van der Waals surface area contributed by atoms with Gasteiger partial charge in [0.1, 0.15) is 0 Å². The van der Waals surface area contributed by atoms with Gasteiger partial charge in [-0.05, 0) is 30.3 Å². The van der Waals surface area contributed by atoms with Crippen LogP contribution in [0, 0.1) is 10.1 Å². The van der Waals surface area contributed by atoms with Crippen molar-refractivity contribution in [1.29, 1.82) is 0 Å². The van der Waals surface area contributed by atoms with Crippen LogP contribution >= 0.6 is 11.6 Å². The molecule has 0 bridgehead atoms. The van der Waals surface area contributed by atoms with Crippen LogP contribution in [0.15, 0.2) is 53.6 Å². The molecule has 0 atom stereocenters. The molecule has 0 unspecified atom stereocenters. The highest BCUT2D eigenvalue weighted by molar-refractivity contribution is 7.90. The molecule has 0 aliphatic carbocycles. The third kappa shape index (κ3) is 2.85. The normalized spacial score (nSPS) is 12.0. The Hall–Kier alpha value is -2.52. The summed E-state index contributed by atoms with van der Waals surface area (Å²) in [6, 6.07) is 8.66. The Morgan fingerprint density at radius 2 is 1.76 bits per heavy atom. The number of benzene rings is 2. The van der Waals surface area contributed by atoms with Gasteiger partial charge in [-0.3, -0.25) is 10.1 Å². The molecule has 0 aliphatic heterocycles. The second kappa shape index (κ2) is 6.08. The number of fused-ring (bicyclic) bond motifs is 1. The van der Waals surface area contributed by atoms with Crippen molar-refractivity contribution in [1.82, 2.24) is 3.97 Å². The first-order chi connectivity index (χ1) is 11.7. The molecule has 3 aromatic rings. The van der Waals surface area contributed by atoms with E-state index in [1.54, 1.807) is 0 Å². The van der Waals surface area contributed by atoms with Crippen LogP contribution in [0.2, 0.25) is 5.02 Å². The van der Waals surface area contributed by atoms with E-state index in [4.69, 9.17) is 11.6 Å². The van der Waals surface area contributed by atoms with Gasteiger partial charge in [0.15, 0.2) is 0 Å². The van der Waals surface area contributed by atoms with Gasteiger partial charge in [0.2, 0.25) is 0 Å². The van der Waals surface area contributed by atoms with Crippen LogP contribution in [0.3, 0.4) is 0 Å². The van der Waals surface area contributed by atoms with Gasteiger partial charge in [0.25, 0.3) is 22.1 Å². The Balaban J connectivity index is 2.36. The van der Waals surface area contributed by atoms with Gasteiger partial charge in [0.05, 0.1) is 26.3 Å². The van der Waals surface area contributed by atoms with Crippen molar-refractivity contribution in [3.8, 4) is 0 Å². The van der Waals surface area contributed by atoms with Crippen LogP contribution in [-0.4, -0.2) is 17.3 Å². The van der Waals surface area contributed by atoms with Gasteiger partial charge < -0.3 is 0 Å². The number of alkyl halides is 2. The monoisotopic (exact) mass is 386 g/mol. The van der Waals surface area contributed by atoms with E-state index in [1.807, 2.05) is 0 Å². The Morgan fingerprint density at radius 3 is 2.32 bits per heavy atom. The van der Waals surface area contributed by atoms with Crippen LogP contribution < -0.4 is 0 Å². The number of nitro benzene ring substituents is 1. The van der Waals surface area contributed by atoms with E-state index in [0.717, 1.165) is 6.07 Å². The second-order valence-corrected chi connectivity index (χ2v) is 7.32. The zero-order valence-corrected chi connectivity index (χ0v) is 13.8. The number of nitrogens with zero attached hydrogens (tertiary/aromatic N) is 2. The molecule has 10 heteroatoms. The van der Waals surface area contributed by atoms with Gasteiger partial charge in [-0.2, -0.15) is 0 Å². The molecule has 2 aromatic carbocycles. The minimum atomic E-state index is -4.24. The Kier molecular flexibility index (Phi) is 4.21. The van der Waals surface area contributed by atoms with Crippen LogP contribution in [-0.2, 0) is 10.0 Å². The molecule has 0 amide bonds. The average Bonchev–Trinajstić information content (AvgIpc) is 2.95. The Morgan fingerprint density at radius 1 is 1.12 bits per heavy atom. The zero-order valence-electron chi connectivity index (χ0n) is 12.3. The summed E-state index contributed by atoms with van der Waals surface area (Å²) >= 11 is 5.73. The summed E-state index contributed by atoms with van der Waals surface area (Å²) in [6.45, 7) is 0. The lowest BCUT2D eigenvalue weighted by atomic mass is 10.1. The van der Waals surface area contributed by atoms with Gasteiger partial charge in [-0.1, -0.05) is 17.7 Å². The van der Waals surface area contributed by atoms with Crippen molar-refractivity contribution in [3.05, 3.63) is 69.4 Å². The fourth-order valence-electron chi connectivity index (χ4n) is 2.50. The zero-order chi connectivity index (χ0) is 18.4. The highest BCUT2D eigenvalue weighted by atomic mass is 35.5. The quantitative estimate of drug-likeness (QED) is 0.492. The smallest absolute Gasteiger partial charge is 0.258 e. The maximum atomic E-state index is 13.3. The van der Waals surface area contributed by atoms with Crippen molar-refractivity contribution < 1.29 is 22.1 Å². The summed E-state index contributed by atoms with van der Waals surface area (Å²) in [4.78, 5) is 10.1. The molecule has 0 spiro atoms. The third-order valence-corrected chi connectivity index (χ3v) is 5.55. The second-order valence-electron chi connectivity index (χ2n) is 5.07. The molecule has 0 N–H and O–H groups in total. The Labute approximate surface area is 145 Å². The largest absolute Gasteiger partial charge is 0.279 e. The van der Waals surface area contributed by atoms with Crippen molar-refractivity contribution >= 4 is 38.2 Å². The molecule has 0 aliphatic rings. The molecule has 1 aromatic heterocycles. The summed E-state index contributed by atoms with van der Waals surface area (Å²) in [5, 5.41) is 11.0. The number of nitro groups is 1. The summed E-state index contributed by atoms with van der Waals surface area (Å²) < 4.78 is 52.9. The number of aromatic nitrogens is 1. The SMILES string of the molecule is O=[N+]([O-])c1cccc2c1c(C(F)F)cn2S(=O)(=O)c1ccc(Cl)cc1. The summed E-state index contributed by atoms with van der Waals surface area (Å²) in [5.74, 6) is 0. The molecule has 130 valence electrons. The average molecular weight is 387 g/mol. The molecule has 0 saturated carbocycles. The molecular weight excluding hydrogens is 378 g/mol. The van der Waals surface area contributed by atoms with Gasteiger partial charge in [-0.25, -0.2) is 21.2 Å². The minimum absolute atomic E-state index is 0.180. The van der Waals surface area contributed by atoms with Crippen LogP contribution in [0.4, 0.5) is 14.5 Å². The predicted molar refractivity (Wildman–Crippen MR) is 87.6 cm³/mol. The van der Waals surface area contributed by atoms with Gasteiger partial charge in [0, 0.05) is 17.3 Å². The van der Waals surface area contributed by atoms with E-state index in [0.29, 0.717) is 15.2 Å². The Bertz CT molecular complexity index is 1080. The molecule has 0 saturated heterocycles. The molecule has 0 fully saturated rings. The summed E-state index contributed by atoms with van der Waals surface area (Å²) in [6.07, 6.45) is -2.36. The van der Waals surface area contributed by atoms with Gasteiger partial charge >= 0.3 is 0 Å². The van der Waals surface area contributed by atoms with E-state index < -0.39 is 38.0 Å². The summed E-state index contributed by atoms with van der Waals surface area (Å²) in [5.41, 5.74) is -1.50. The molecule has 6 nitrogen and oxygen atoms in total. The maximum absolute atomic E-state index is 13.3. The van der Waals surface area contributed by atoms with Crippen molar-refractivity contribution in [2.75, 3.05) is 0 Å². The minimum Gasteiger partial charge on any atom is -0.258 e. The summed E-state index contributed by atoms with van der Waals surface area (Å²) in [7, 11) is -4.24. The van der Waals surface area contributed by atoms with E-state index in [1.165, 1.54) is 36.4 Å². The van der Waals surface area contributed by atoms with E-state index in [9.17, 15) is 27.3 Å². The highest BCUT2D eigenvalue weighted by Gasteiger charge is 2.28. The van der Waals surface area contributed by atoms with E-state index >= 15 is 0 Å². The molecule has 3 rings (SSSR count). The van der Waals surface area contributed by atoms with E-state index in [2.05, 4.69) is 0 Å². The predicted octanol–water partition coefficient (Wildman–Crippen LogP) is 4.38. The van der Waals surface area contributed by atoms with Crippen LogP contribution in [0.25, 0.3) is 10.9 Å². The number of hydrogen-bond donors (Lipinski definition) is 0. The topological polar surface area (TPSA) is 82.2 Å². The maximum Gasteiger partial charge on any atom is 0.279 e. The number of non-ortho nitro benzene ring substituents is 1. The first-order valence-electron chi connectivity index (χ1n) is 6.81. The lowest BCUT2D eigenvalue weighted by molar-refractivity contribution is -0.383. The van der Waals surface area contributed by atoms with Crippen LogP contribution in [0.5, 0.6) is 0 Å². The molecule has 1 heterocycles. The van der Waals surface area contributed by atoms with Crippen LogP contribution in [0.1, 0.15) is 12.0 Å². The number of rotatable bonds is 4. The first kappa shape index (κ1) is 17.3. The van der Waals surface area contributed by atoms with Crippen molar-refractivity contribution in [2.45, 2.75) is 11.3 Å². The number of hydrogen-bond acceptors (Lipinski definition) is 4. The molecule has 25 heavy (non-hydrogen) atoms. The fraction of sp³-hybridized carbons (Fsp3) is 0.0667. The fourth-order valence-corrected chi connectivity index (χ4v) is 4.00. The number of halogens is 3. The van der Waals surface area contributed by atoms with Crippen molar-refractivity contribution in [2.24, 2.45) is 0 Å². The highest BCUT2D eigenvalue weighted by Crippen LogP contribution is 2.37. The van der Waals surface area contributed by atoms with E-state index in [-0.39, 0.29) is 10.4 Å². The van der Waals surface area contributed by atoms with Gasteiger partial charge in [-0.15, -0.1) is 0 Å². The lowest BCUT2D eigenvalue weighted by Gasteiger charge is -2.07. The molecular formula is C15H9ClF2N2O4S.